The summed E-state index contributed by atoms with van der Waals surface area (Å²) in [6, 6.07) is 10.9. The molecule has 2 aromatic carbocycles. The van der Waals surface area contributed by atoms with E-state index in [4.69, 9.17) is 0 Å². The van der Waals surface area contributed by atoms with Crippen LogP contribution >= 0.6 is 0 Å². The third-order valence-corrected chi connectivity index (χ3v) is 5.93. The molecule has 0 saturated carbocycles. The van der Waals surface area contributed by atoms with Crippen molar-refractivity contribution < 1.29 is 13.2 Å². The molecular formula is C18H19NO3S. The summed E-state index contributed by atoms with van der Waals surface area (Å²) >= 11 is 0. The highest BCUT2D eigenvalue weighted by Gasteiger charge is 2.36. The van der Waals surface area contributed by atoms with E-state index < -0.39 is 15.9 Å². The zero-order chi connectivity index (χ0) is 16.8. The van der Waals surface area contributed by atoms with Gasteiger partial charge in [-0.15, -0.1) is 0 Å². The quantitative estimate of drug-likeness (QED) is 0.851. The third kappa shape index (κ3) is 2.77. The van der Waals surface area contributed by atoms with E-state index in [9.17, 15) is 13.2 Å². The minimum absolute atomic E-state index is 0.0907. The second-order valence-electron chi connectivity index (χ2n) is 6.10. The number of amides is 1. The lowest BCUT2D eigenvalue weighted by Gasteiger charge is -2.29. The van der Waals surface area contributed by atoms with Crippen LogP contribution in [0.15, 0.2) is 36.4 Å². The second-order valence-corrected chi connectivity index (χ2v) is 8.00. The van der Waals surface area contributed by atoms with E-state index in [2.05, 4.69) is 0 Å². The van der Waals surface area contributed by atoms with E-state index in [-0.39, 0.29) is 12.3 Å². The van der Waals surface area contributed by atoms with E-state index >= 15 is 0 Å². The van der Waals surface area contributed by atoms with Crippen LogP contribution in [0.3, 0.4) is 0 Å². The molecule has 0 N–H and O–H groups in total. The maximum atomic E-state index is 12.7. The number of nitrogens with zero attached hydrogens (tertiary/aromatic N) is 1. The van der Waals surface area contributed by atoms with Gasteiger partial charge in [0.1, 0.15) is 0 Å². The highest BCUT2D eigenvalue weighted by Crippen LogP contribution is 2.28. The van der Waals surface area contributed by atoms with Crippen molar-refractivity contribution in [2.24, 2.45) is 0 Å². The van der Waals surface area contributed by atoms with Crippen LogP contribution in [0, 0.1) is 20.8 Å². The van der Waals surface area contributed by atoms with Crippen molar-refractivity contribution in [3.63, 3.8) is 0 Å². The molecule has 0 unspecified atom stereocenters. The fourth-order valence-electron chi connectivity index (χ4n) is 3.16. The number of carbonyl (C=O) groups is 1. The van der Waals surface area contributed by atoms with Gasteiger partial charge in [-0.2, -0.15) is 0 Å². The first-order valence-electron chi connectivity index (χ1n) is 7.49. The van der Waals surface area contributed by atoms with E-state index in [1.807, 2.05) is 32.9 Å². The Morgan fingerprint density at radius 1 is 1.04 bits per heavy atom. The van der Waals surface area contributed by atoms with Crippen molar-refractivity contribution in [1.29, 1.82) is 0 Å². The van der Waals surface area contributed by atoms with Crippen LogP contribution in [0.1, 0.15) is 38.2 Å². The van der Waals surface area contributed by atoms with Crippen LogP contribution in [0.25, 0.3) is 0 Å². The maximum Gasteiger partial charge on any atom is 0.267 e. The minimum atomic E-state index is -3.64. The number of hydrogen-bond donors (Lipinski definition) is 0. The lowest BCUT2D eigenvalue weighted by molar-refractivity contribution is 0.0849. The van der Waals surface area contributed by atoms with Crippen LogP contribution in [0.2, 0.25) is 0 Å². The Hall–Kier alpha value is -2.14. The van der Waals surface area contributed by atoms with E-state index in [1.54, 1.807) is 24.3 Å². The van der Waals surface area contributed by atoms with Crippen LogP contribution in [-0.4, -0.2) is 18.6 Å². The van der Waals surface area contributed by atoms with Crippen LogP contribution in [0.4, 0.5) is 0 Å². The molecule has 120 valence electrons. The summed E-state index contributed by atoms with van der Waals surface area (Å²) in [4.78, 5) is 12.7. The van der Waals surface area contributed by atoms with Gasteiger partial charge in [-0.25, -0.2) is 12.7 Å². The maximum absolute atomic E-state index is 12.7. The standard InChI is InChI=1S/C18H19NO3S/c1-12-8-13(2)17(14(3)9-12)10-19-18(20)16-7-5-4-6-15(16)11-23(19,21)22/h4-9H,10-11H2,1-3H3. The predicted molar refractivity (Wildman–Crippen MR) is 89.6 cm³/mol. The van der Waals surface area contributed by atoms with Gasteiger partial charge < -0.3 is 0 Å². The lowest BCUT2D eigenvalue weighted by Crippen LogP contribution is -2.41. The summed E-state index contributed by atoms with van der Waals surface area (Å²) < 4.78 is 26.1. The van der Waals surface area contributed by atoms with Crippen molar-refractivity contribution in [2.75, 3.05) is 0 Å². The van der Waals surface area contributed by atoms with Crippen LogP contribution in [-0.2, 0) is 22.3 Å². The van der Waals surface area contributed by atoms with Gasteiger partial charge in [-0.3, -0.25) is 4.79 Å². The molecule has 0 saturated heterocycles. The average Bonchev–Trinajstić information content (AvgIpc) is 2.44. The Bertz CT molecular complexity index is 877. The van der Waals surface area contributed by atoms with Gasteiger partial charge in [0.25, 0.3) is 5.91 Å². The average molecular weight is 329 g/mol. The fraction of sp³-hybridized carbons (Fsp3) is 0.278. The predicted octanol–water partition coefficient (Wildman–Crippen LogP) is 3.10. The highest BCUT2D eigenvalue weighted by molar-refractivity contribution is 7.89. The molecule has 0 aromatic heterocycles. The summed E-state index contributed by atoms with van der Waals surface area (Å²) in [7, 11) is -3.64. The van der Waals surface area contributed by atoms with E-state index in [1.165, 1.54) is 0 Å². The fourth-order valence-corrected chi connectivity index (χ4v) is 4.64. The highest BCUT2D eigenvalue weighted by atomic mass is 32.2. The Morgan fingerprint density at radius 2 is 1.65 bits per heavy atom. The van der Waals surface area contributed by atoms with Gasteiger partial charge in [0.15, 0.2) is 0 Å². The molecule has 5 heteroatoms. The molecule has 0 spiro atoms. The minimum Gasteiger partial charge on any atom is -0.268 e. The zero-order valence-corrected chi connectivity index (χ0v) is 14.3. The van der Waals surface area contributed by atoms with Crippen molar-refractivity contribution in [1.82, 2.24) is 4.31 Å². The molecular weight excluding hydrogens is 310 g/mol. The molecule has 1 amide bonds. The van der Waals surface area contributed by atoms with Crippen LogP contribution in [0.5, 0.6) is 0 Å². The van der Waals surface area contributed by atoms with Gasteiger partial charge >= 0.3 is 0 Å². The van der Waals surface area contributed by atoms with Gasteiger partial charge in [-0.1, -0.05) is 35.9 Å². The Labute approximate surface area is 136 Å². The lowest BCUT2D eigenvalue weighted by atomic mass is 9.99. The zero-order valence-electron chi connectivity index (χ0n) is 13.5. The monoisotopic (exact) mass is 329 g/mol. The summed E-state index contributed by atoms with van der Waals surface area (Å²) in [5, 5.41) is 0. The number of hydrogen-bond acceptors (Lipinski definition) is 3. The number of benzene rings is 2. The first-order chi connectivity index (χ1) is 10.8. The van der Waals surface area contributed by atoms with Crippen molar-refractivity contribution >= 4 is 15.9 Å². The summed E-state index contributed by atoms with van der Waals surface area (Å²) in [6.07, 6.45) is 0. The van der Waals surface area contributed by atoms with Gasteiger partial charge in [-0.05, 0) is 49.1 Å². The van der Waals surface area contributed by atoms with Crippen molar-refractivity contribution in [3.8, 4) is 0 Å². The molecule has 0 fully saturated rings. The molecule has 0 radical (unpaired) electrons. The number of sulfonamides is 1. The first-order valence-corrected chi connectivity index (χ1v) is 9.10. The largest absolute Gasteiger partial charge is 0.268 e. The third-order valence-electron chi connectivity index (χ3n) is 4.29. The number of aryl methyl sites for hydroxylation is 3. The Morgan fingerprint density at radius 3 is 2.30 bits per heavy atom. The molecule has 0 bridgehead atoms. The molecule has 1 aliphatic rings. The van der Waals surface area contributed by atoms with E-state index in [0.717, 1.165) is 26.6 Å². The molecule has 1 heterocycles. The Balaban J connectivity index is 2.05. The SMILES string of the molecule is Cc1cc(C)c(CN2C(=O)c3ccccc3CS2(=O)=O)c(C)c1. The molecule has 23 heavy (non-hydrogen) atoms. The summed E-state index contributed by atoms with van der Waals surface area (Å²) in [5.41, 5.74) is 5.08. The van der Waals surface area contributed by atoms with Crippen LogP contribution < -0.4 is 0 Å². The van der Waals surface area contributed by atoms with Gasteiger partial charge in [0.2, 0.25) is 10.0 Å². The molecule has 0 atom stereocenters. The van der Waals surface area contributed by atoms with Crippen molar-refractivity contribution in [2.45, 2.75) is 33.1 Å². The molecule has 3 rings (SSSR count). The summed E-state index contributed by atoms with van der Waals surface area (Å²) in [5.74, 6) is -0.565. The van der Waals surface area contributed by atoms with E-state index in [0.29, 0.717) is 11.1 Å². The topological polar surface area (TPSA) is 54.5 Å². The normalized spacial score (nSPS) is 16.3. The van der Waals surface area contributed by atoms with Crippen molar-refractivity contribution in [3.05, 3.63) is 69.8 Å². The molecule has 2 aromatic rings. The second kappa shape index (κ2) is 5.49. The smallest absolute Gasteiger partial charge is 0.267 e. The number of rotatable bonds is 2. The first kappa shape index (κ1) is 15.7. The Kier molecular flexibility index (Phi) is 3.76. The molecule has 1 aliphatic heterocycles. The number of carbonyl (C=O) groups excluding carboxylic acids is 1. The summed E-state index contributed by atoms with van der Waals surface area (Å²) in [6.45, 7) is 5.99. The molecule has 4 nitrogen and oxygen atoms in total. The molecule has 0 aliphatic carbocycles. The number of fused-ring (bicyclic) bond motifs is 1. The van der Waals surface area contributed by atoms with Gasteiger partial charge in [0, 0.05) is 5.56 Å². The van der Waals surface area contributed by atoms with Gasteiger partial charge in [0.05, 0.1) is 12.3 Å².